The van der Waals surface area contributed by atoms with E-state index in [0.717, 1.165) is 21.7 Å². The van der Waals surface area contributed by atoms with Gasteiger partial charge in [0.2, 0.25) is 0 Å². The molecule has 0 saturated carbocycles. The van der Waals surface area contributed by atoms with Gasteiger partial charge in [-0.2, -0.15) is 5.10 Å². The number of benzene rings is 1. The van der Waals surface area contributed by atoms with Crippen molar-refractivity contribution in [2.24, 2.45) is 7.05 Å². The number of aromatic amines is 1. The molecule has 3 heterocycles. The van der Waals surface area contributed by atoms with Gasteiger partial charge in [-0.25, -0.2) is 4.98 Å². The SMILES string of the molecule is Cc1nn(C)c(C)c1C(=O)C(=O)Nc1ccc2nc(-c3cccs3)[nH]c2c1. The van der Waals surface area contributed by atoms with E-state index < -0.39 is 11.7 Å². The van der Waals surface area contributed by atoms with E-state index in [4.69, 9.17) is 0 Å². The van der Waals surface area contributed by atoms with Crippen LogP contribution in [0.1, 0.15) is 21.7 Å². The Morgan fingerprint density at radius 3 is 2.70 bits per heavy atom. The van der Waals surface area contributed by atoms with E-state index in [0.29, 0.717) is 22.6 Å². The minimum Gasteiger partial charge on any atom is -0.337 e. The number of imidazole rings is 1. The van der Waals surface area contributed by atoms with Gasteiger partial charge in [-0.3, -0.25) is 14.3 Å². The molecule has 0 atom stereocenters. The van der Waals surface area contributed by atoms with E-state index in [9.17, 15) is 9.59 Å². The summed E-state index contributed by atoms with van der Waals surface area (Å²) in [6.07, 6.45) is 0. The number of amides is 1. The number of rotatable bonds is 4. The van der Waals surface area contributed by atoms with E-state index in [1.54, 1.807) is 49.0 Å². The van der Waals surface area contributed by atoms with Crippen molar-refractivity contribution in [3.05, 3.63) is 52.7 Å². The van der Waals surface area contributed by atoms with E-state index in [2.05, 4.69) is 20.4 Å². The third-order valence-corrected chi connectivity index (χ3v) is 5.31. The number of nitrogens with one attached hydrogen (secondary N) is 2. The van der Waals surface area contributed by atoms with Gasteiger partial charge in [0.15, 0.2) is 0 Å². The summed E-state index contributed by atoms with van der Waals surface area (Å²) in [5.41, 5.74) is 3.66. The predicted octanol–water partition coefficient (Wildman–Crippen LogP) is 3.46. The number of aromatic nitrogens is 4. The van der Waals surface area contributed by atoms with Gasteiger partial charge in [0.25, 0.3) is 11.7 Å². The van der Waals surface area contributed by atoms with Crippen LogP contribution >= 0.6 is 11.3 Å². The molecule has 1 amide bonds. The van der Waals surface area contributed by atoms with Crippen LogP contribution in [0.25, 0.3) is 21.7 Å². The van der Waals surface area contributed by atoms with Crippen LogP contribution in [0.4, 0.5) is 5.69 Å². The molecule has 136 valence electrons. The molecule has 8 heteroatoms. The highest BCUT2D eigenvalue weighted by Gasteiger charge is 2.24. The lowest BCUT2D eigenvalue weighted by Crippen LogP contribution is -2.24. The highest BCUT2D eigenvalue weighted by molar-refractivity contribution is 7.13. The van der Waals surface area contributed by atoms with Gasteiger partial charge >= 0.3 is 0 Å². The molecule has 0 aliphatic rings. The Balaban J connectivity index is 1.59. The van der Waals surface area contributed by atoms with Crippen LogP contribution in [-0.2, 0) is 11.8 Å². The van der Waals surface area contributed by atoms with Crippen molar-refractivity contribution >= 4 is 39.7 Å². The van der Waals surface area contributed by atoms with Crippen molar-refractivity contribution in [3.63, 3.8) is 0 Å². The largest absolute Gasteiger partial charge is 0.337 e. The average molecular weight is 379 g/mol. The maximum absolute atomic E-state index is 12.5. The fraction of sp³-hybridized carbons (Fsp3) is 0.158. The molecule has 7 nitrogen and oxygen atoms in total. The summed E-state index contributed by atoms with van der Waals surface area (Å²) in [6.45, 7) is 3.49. The molecule has 0 bridgehead atoms. The number of hydrogen-bond donors (Lipinski definition) is 2. The second kappa shape index (κ2) is 6.48. The Morgan fingerprint density at radius 1 is 1.22 bits per heavy atom. The quantitative estimate of drug-likeness (QED) is 0.419. The number of hydrogen-bond acceptors (Lipinski definition) is 5. The van der Waals surface area contributed by atoms with Crippen molar-refractivity contribution in [1.82, 2.24) is 19.7 Å². The summed E-state index contributed by atoms with van der Waals surface area (Å²) >= 11 is 1.60. The lowest BCUT2D eigenvalue weighted by atomic mass is 10.1. The number of carbonyl (C=O) groups is 2. The molecule has 2 N–H and O–H groups in total. The summed E-state index contributed by atoms with van der Waals surface area (Å²) in [5.74, 6) is -0.505. The molecule has 0 fully saturated rings. The zero-order chi connectivity index (χ0) is 19.1. The van der Waals surface area contributed by atoms with Crippen molar-refractivity contribution < 1.29 is 9.59 Å². The number of thiophene rings is 1. The molecule has 0 radical (unpaired) electrons. The van der Waals surface area contributed by atoms with Crippen LogP contribution in [0.3, 0.4) is 0 Å². The Kier molecular flexibility index (Phi) is 4.12. The minimum atomic E-state index is -0.688. The number of aryl methyl sites for hydroxylation is 2. The zero-order valence-electron chi connectivity index (χ0n) is 15.0. The van der Waals surface area contributed by atoms with E-state index in [-0.39, 0.29) is 0 Å². The van der Waals surface area contributed by atoms with E-state index in [1.807, 2.05) is 23.6 Å². The summed E-state index contributed by atoms with van der Waals surface area (Å²) in [5, 5.41) is 8.85. The molecular weight excluding hydrogens is 362 g/mol. The highest BCUT2D eigenvalue weighted by Crippen LogP contribution is 2.26. The first-order chi connectivity index (χ1) is 12.9. The van der Waals surface area contributed by atoms with Crippen molar-refractivity contribution in [1.29, 1.82) is 0 Å². The number of ketones is 1. The lowest BCUT2D eigenvalue weighted by Gasteiger charge is -2.05. The lowest BCUT2D eigenvalue weighted by molar-refractivity contribution is -0.112. The summed E-state index contributed by atoms with van der Waals surface area (Å²) in [7, 11) is 1.74. The van der Waals surface area contributed by atoms with Crippen molar-refractivity contribution in [3.8, 4) is 10.7 Å². The number of anilines is 1. The Bertz CT molecular complexity index is 1170. The van der Waals surface area contributed by atoms with Crippen molar-refractivity contribution in [2.45, 2.75) is 13.8 Å². The van der Waals surface area contributed by atoms with Crippen LogP contribution in [-0.4, -0.2) is 31.4 Å². The molecule has 0 aliphatic heterocycles. The van der Waals surface area contributed by atoms with Gasteiger partial charge < -0.3 is 10.3 Å². The Morgan fingerprint density at radius 2 is 2.04 bits per heavy atom. The van der Waals surface area contributed by atoms with Crippen LogP contribution in [0.5, 0.6) is 0 Å². The van der Waals surface area contributed by atoms with Gasteiger partial charge in [0, 0.05) is 18.4 Å². The standard InChI is InChI=1S/C19H17N5O2S/c1-10-16(11(2)24(3)23-10)17(25)19(26)20-12-6-7-13-14(9-12)22-18(21-13)15-5-4-8-27-15/h4-9H,1-3H3,(H,20,26)(H,21,22). The second-order valence-electron chi connectivity index (χ2n) is 6.25. The zero-order valence-corrected chi connectivity index (χ0v) is 15.8. The first-order valence-electron chi connectivity index (χ1n) is 8.33. The third kappa shape index (κ3) is 3.04. The Labute approximate surface area is 159 Å². The molecule has 0 unspecified atom stereocenters. The van der Waals surface area contributed by atoms with Crippen LogP contribution in [0, 0.1) is 13.8 Å². The van der Waals surface area contributed by atoms with Crippen LogP contribution < -0.4 is 5.32 Å². The summed E-state index contributed by atoms with van der Waals surface area (Å²) in [6, 6.07) is 9.27. The average Bonchev–Trinajstić information content (AvgIpc) is 3.34. The molecule has 1 aromatic carbocycles. The number of fused-ring (bicyclic) bond motifs is 1. The number of carbonyl (C=O) groups excluding carboxylic acids is 2. The monoisotopic (exact) mass is 379 g/mol. The molecule has 0 saturated heterocycles. The smallest absolute Gasteiger partial charge is 0.296 e. The topological polar surface area (TPSA) is 92.7 Å². The maximum Gasteiger partial charge on any atom is 0.296 e. The van der Waals surface area contributed by atoms with Gasteiger partial charge in [-0.1, -0.05) is 6.07 Å². The van der Waals surface area contributed by atoms with Gasteiger partial charge in [-0.15, -0.1) is 11.3 Å². The molecular formula is C19H17N5O2S. The minimum absolute atomic E-state index is 0.345. The summed E-state index contributed by atoms with van der Waals surface area (Å²) in [4.78, 5) is 33.8. The molecule has 3 aromatic heterocycles. The number of H-pyrrole nitrogens is 1. The van der Waals surface area contributed by atoms with Gasteiger partial charge in [0.05, 0.1) is 27.2 Å². The molecule has 4 rings (SSSR count). The fourth-order valence-corrected chi connectivity index (χ4v) is 3.69. The first-order valence-corrected chi connectivity index (χ1v) is 9.21. The maximum atomic E-state index is 12.5. The summed E-state index contributed by atoms with van der Waals surface area (Å²) < 4.78 is 1.60. The molecule has 0 aliphatic carbocycles. The molecule has 0 spiro atoms. The van der Waals surface area contributed by atoms with Crippen LogP contribution in [0.2, 0.25) is 0 Å². The van der Waals surface area contributed by atoms with E-state index in [1.165, 1.54) is 0 Å². The van der Waals surface area contributed by atoms with Gasteiger partial charge in [-0.05, 0) is 43.5 Å². The second-order valence-corrected chi connectivity index (χ2v) is 7.20. The normalized spacial score (nSPS) is 11.1. The third-order valence-electron chi connectivity index (χ3n) is 4.44. The first kappa shape index (κ1) is 17.2. The highest BCUT2D eigenvalue weighted by atomic mass is 32.1. The van der Waals surface area contributed by atoms with E-state index >= 15 is 0 Å². The Hall–Kier alpha value is -3.26. The predicted molar refractivity (Wildman–Crippen MR) is 105 cm³/mol. The van der Waals surface area contributed by atoms with Gasteiger partial charge in [0.1, 0.15) is 5.82 Å². The number of nitrogens with zero attached hydrogens (tertiary/aromatic N) is 3. The molecule has 4 aromatic rings. The number of Topliss-reactive ketones (excluding diaryl/α,β-unsaturated/α-hetero) is 1. The fourth-order valence-electron chi connectivity index (χ4n) is 3.02. The van der Waals surface area contributed by atoms with Crippen molar-refractivity contribution in [2.75, 3.05) is 5.32 Å². The molecule has 27 heavy (non-hydrogen) atoms. The van der Waals surface area contributed by atoms with Crippen LogP contribution in [0.15, 0.2) is 35.7 Å².